The van der Waals surface area contributed by atoms with Crippen molar-refractivity contribution in [3.8, 4) is 5.75 Å². The Hall–Kier alpha value is 0.307. The maximum Gasteiger partial charge on any atom is 0.250 e. The van der Waals surface area contributed by atoms with E-state index in [2.05, 4.69) is 36.7 Å². The first-order valence-electron chi connectivity index (χ1n) is 5.49. The third-order valence-electron chi connectivity index (χ3n) is 3.24. The monoisotopic (exact) mass is 448 g/mol. The van der Waals surface area contributed by atoms with Gasteiger partial charge in [-0.05, 0) is 62.7 Å². The van der Waals surface area contributed by atoms with Gasteiger partial charge in [0.25, 0.3) is 8.32 Å². The third-order valence-corrected chi connectivity index (χ3v) is 8.94. The van der Waals surface area contributed by atoms with Crippen molar-refractivity contribution in [2.75, 3.05) is 0 Å². The largest absolute Gasteiger partial charge is 0.541 e. The zero-order chi connectivity index (χ0) is 14.3. The Bertz CT molecular complexity index is 472. The average Bonchev–Trinajstić information content (AvgIpc) is 2.20. The van der Waals surface area contributed by atoms with E-state index >= 15 is 0 Å². The molecule has 0 aliphatic carbocycles. The van der Waals surface area contributed by atoms with Crippen LogP contribution in [0.15, 0.2) is 10.5 Å². The molecule has 0 N–H and O–H groups in total. The normalized spacial score (nSPS) is 12.7. The highest BCUT2D eigenvalue weighted by Gasteiger charge is 2.40. The molecule has 0 aromatic heterocycles. The predicted molar refractivity (Wildman–Crippen MR) is 84.6 cm³/mol. The standard InChI is InChI=1S/C12H16BrF2IOSi/c1-12(2,3)18(4,5)17-11-8(16)6-7(13)9(14)10(11)15/h6H,1-5H3. The van der Waals surface area contributed by atoms with Crippen LogP contribution in [0.4, 0.5) is 8.78 Å². The predicted octanol–water partition coefficient (Wildman–Crippen LogP) is 5.72. The molecule has 0 spiro atoms. The minimum atomic E-state index is -2.18. The number of benzene rings is 1. The van der Waals surface area contributed by atoms with Gasteiger partial charge in [0, 0.05) is 0 Å². The molecule has 0 aliphatic heterocycles. The van der Waals surface area contributed by atoms with Gasteiger partial charge in [0.15, 0.2) is 11.6 Å². The summed E-state index contributed by atoms with van der Waals surface area (Å²) in [7, 11) is -2.18. The summed E-state index contributed by atoms with van der Waals surface area (Å²) in [4.78, 5) is 0. The lowest BCUT2D eigenvalue weighted by Crippen LogP contribution is -2.44. The Kier molecular flexibility index (Phi) is 4.87. The Balaban J connectivity index is 3.25. The second-order valence-corrected chi connectivity index (χ2v) is 12.4. The van der Waals surface area contributed by atoms with Gasteiger partial charge in [-0.1, -0.05) is 20.8 Å². The van der Waals surface area contributed by atoms with Crippen LogP contribution in [-0.4, -0.2) is 8.32 Å². The summed E-state index contributed by atoms with van der Waals surface area (Å²) < 4.78 is 34.0. The summed E-state index contributed by atoms with van der Waals surface area (Å²) in [5, 5.41) is -0.0634. The molecule has 18 heavy (non-hydrogen) atoms. The van der Waals surface area contributed by atoms with E-state index in [1.54, 1.807) is 0 Å². The maximum absolute atomic E-state index is 13.9. The van der Waals surface area contributed by atoms with Gasteiger partial charge in [0.2, 0.25) is 5.82 Å². The molecule has 1 rings (SSSR count). The van der Waals surface area contributed by atoms with Crippen molar-refractivity contribution in [3.05, 3.63) is 25.7 Å². The van der Waals surface area contributed by atoms with Crippen LogP contribution in [0.2, 0.25) is 18.1 Å². The topological polar surface area (TPSA) is 9.23 Å². The smallest absolute Gasteiger partial charge is 0.250 e. The molecule has 0 aliphatic rings. The fraction of sp³-hybridized carbons (Fsp3) is 0.500. The number of hydrogen-bond donors (Lipinski definition) is 0. The van der Waals surface area contributed by atoms with E-state index in [1.807, 2.05) is 35.7 Å². The lowest BCUT2D eigenvalue weighted by Gasteiger charge is -2.36. The van der Waals surface area contributed by atoms with Gasteiger partial charge in [0.05, 0.1) is 8.04 Å². The van der Waals surface area contributed by atoms with Gasteiger partial charge in [-0.25, -0.2) is 4.39 Å². The Morgan fingerprint density at radius 1 is 1.22 bits per heavy atom. The van der Waals surface area contributed by atoms with Gasteiger partial charge in [-0.15, -0.1) is 0 Å². The van der Waals surface area contributed by atoms with Crippen molar-refractivity contribution >= 4 is 46.8 Å². The first-order chi connectivity index (χ1) is 7.97. The van der Waals surface area contributed by atoms with Gasteiger partial charge in [-0.2, -0.15) is 4.39 Å². The van der Waals surface area contributed by atoms with E-state index in [1.165, 1.54) is 6.07 Å². The summed E-state index contributed by atoms with van der Waals surface area (Å²) in [6, 6.07) is 1.53. The van der Waals surface area contributed by atoms with Gasteiger partial charge < -0.3 is 4.43 Å². The summed E-state index contributed by atoms with van der Waals surface area (Å²) in [6.07, 6.45) is 0. The van der Waals surface area contributed by atoms with E-state index < -0.39 is 20.0 Å². The van der Waals surface area contributed by atoms with Crippen molar-refractivity contribution < 1.29 is 13.2 Å². The molecule has 0 heterocycles. The third kappa shape index (κ3) is 3.25. The average molecular weight is 449 g/mol. The van der Waals surface area contributed by atoms with E-state index in [0.29, 0.717) is 3.57 Å². The van der Waals surface area contributed by atoms with Gasteiger partial charge in [0.1, 0.15) is 0 Å². The number of rotatable bonds is 2. The fourth-order valence-corrected chi connectivity index (χ4v) is 3.76. The molecule has 6 heteroatoms. The summed E-state index contributed by atoms with van der Waals surface area (Å²) in [5.41, 5.74) is 0. The highest BCUT2D eigenvalue weighted by molar-refractivity contribution is 14.1. The number of hydrogen-bond acceptors (Lipinski definition) is 1. The SMILES string of the molecule is CC(C)(C)[Si](C)(C)Oc1c(I)cc(Br)c(F)c1F. The maximum atomic E-state index is 13.9. The molecular weight excluding hydrogens is 433 g/mol. The van der Waals surface area contributed by atoms with Crippen molar-refractivity contribution in [2.24, 2.45) is 0 Å². The molecule has 0 fully saturated rings. The van der Waals surface area contributed by atoms with Crippen molar-refractivity contribution in [1.29, 1.82) is 0 Å². The van der Waals surface area contributed by atoms with Crippen LogP contribution in [0.25, 0.3) is 0 Å². The van der Waals surface area contributed by atoms with Gasteiger partial charge >= 0.3 is 0 Å². The van der Waals surface area contributed by atoms with Crippen molar-refractivity contribution in [2.45, 2.75) is 38.9 Å². The molecule has 0 amide bonds. The molecule has 0 atom stereocenters. The first-order valence-corrected chi connectivity index (χ1v) is 10.3. The zero-order valence-corrected chi connectivity index (χ0v) is 15.7. The molecule has 1 aromatic rings. The minimum Gasteiger partial charge on any atom is -0.541 e. The van der Waals surface area contributed by atoms with Crippen LogP contribution in [-0.2, 0) is 0 Å². The number of halogens is 4. The van der Waals surface area contributed by atoms with Gasteiger partial charge in [-0.3, -0.25) is 0 Å². The van der Waals surface area contributed by atoms with E-state index in [9.17, 15) is 8.78 Å². The first kappa shape index (κ1) is 16.4. The lowest BCUT2D eigenvalue weighted by molar-refractivity contribution is 0.425. The molecule has 0 unspecified atom stereocenters. The quantitative estimate of drug-likeness (QED) is 0.243. The molecule has 0 bridgehead atoms. The zero-order valence-electron chi connectivity index (χ0n) is 11.0. The molecule has 1 nitrogen and oxygen atoms in total. The van der Waals surface area contributed by atoms with Crippen LogP contribution in [0.1, 0.15) is 20.8 Å². The summed E-state index contributed by atoms with van der Waals surface area (Å²) in [5.74, 6) is -1.79. The van der Waals surface area contributed by atoms with Crippen molar-refractivity contribution in [1.82, 2.24) is 0 Å². The van der Waals surface area contributed by atoms with E-state index in [0.717, 1.165) is 0 Å². The molecule has 0 radical (unpaired) electrons. The van der Waals surface area contributed by atoms with Crippen LogP contribution < -0.4 is 4.43 Å². The highest BCUT2D eigenvalue weighted by atomic mass is 127. The summed E-state index contributed by atoms with van der Waals surface area (Å²) in [6.45, 7) is 10.2. The molecule has 102 valence electrons. The Morgan fingerprint density at radius 2 is 1.72 bits per heavy atom. The van der Waals surface area contributed by atoms with E-state index in [-0.39, 0.29) is 15.3 Å². The van der Waals surface area contributed by atoms with Crippen LogP contribution in [0.5, 0.6) is 5.75 Å². The second kappa shape index (κ2) is 5.36. The molecule has 1 aromatic carbocycles. The van der Waals surface area contributed by atoms with Crippen LogP contribution in [0.3, 0.4) is 0 Å². The molecule has 0 saturated heterocycles. The second-order valence-electron chi connectivity index (χ2n) is 5.66. The minimum absolute atomic E-state index is 0.0305. The molecule has 0 saturated carbocycles. The van der Waals surface area contributed by atoms with Crippen LogP contribution >= 0.6 is 38.5 Å². The van der Waals surface area contributed by atoms with E-state index in [4.69, 9.17) is 4.43 Å². The summed E-state index contributed by atoms with van der Waals surface area (Å²) >= 11 is 4.94. The Labute approximate surface area is 130 Å². The Morgan fingerprint density at radius 3 is 2.17 bits per heavy atom. The highest BCUT2D eigenvalue weighted by Crippen LogP contribution is 2.40. The molecular formula is C12H16BrF2IOSi. The van der Waals surface area contributed by atoms with Crippen molar-refractivity contribution in [3.63, 3.8) is 0 Å². The fourth-order valence-electron chi connectivity index (χ4n) is 1.05. The lowest BCUT2D eigenvalue weighted by atomic mass is 10.2. The van der Waals surface area contributed by atoms with Crippen LogP contribution in [0, 0.1) is 15.2 Å².